The van der Waals surface area contributed by atoms with Crippen LogP contribution in [0, 0.1) is 6.92 Å². The van der Waals surface area contributed by atoms with Crippen molar-refractivity contribution in [3.63, 3.8) is 0 Å². The number of aromatic nitrogens is 2. The van der Waals surface area contributed by atoms with Gasteiger partial charge in [-0.25, -0.2) is 4.98 Å². The molecule has 5 nitrogen and oxygen atoms in total. The van der Waals surface area contributed by atoms with Gasteiger partial charge in [0.05, 0.1) is 5.75 Å². The lowest BCUT2D eigenvalue weighted by atomic mass is 10.2. The van der Waals surface area contributed by atoms with Crippen LogP contribution in [0.1, 0.15) is 5.56 Å². The lowest BCUT2D eigenvalue weighted by molar-refractivity contribution is -0.113. The van der Waals surface area contributed by atoms with E-state index < -0.39 is 0 Å². The third-order valence-electron chi connectivity index (χ3n) is 3.50. The zero-order valence-electron chi connectivity index (χ0n) is 14.1. The number of nitrogens with zero attached hydrogens (tertiary/aromatic N) is 2. The second-order valence-electron chi connectivity index (χ2n) is 5.60. The van der Waals surface area contributed by atoms with Gasteiger partial charge in [0, 0.05) is 25.1 Å². The Hall–Kier alpha value is -2.73. The fraction of sp³-hybridized carbons (Fsp3) is 0.158. The van der Waals surface area contributed by atoms with E-state index in [1.54, 1.807) is 6.20 Å². The van der Waals surface area contributed by atoms with Gasteiger partial charge < -0.3 is 14.6 Å². The Balaban J connectivity index is 1.52. The molecule has 0 radical (unpaired) electrons. The minimum absolute atomic E-state index is 0.0693. The van der Waals surface area contributed by atoms with Crippen molar-refractivity contribution in [3.05, 3.63) is 66.5 Å². The number of ether oxygens (including phenoxy) is 1. The van der Waals surface area contributed by atoms with Crippen LogP contribution in [0.3, 0.4) is 0 Å². The van der Waals surface area contributed by atoms with E-state index in [2.05, 4.69) is 10.3 Å². The second kappa shape index (κ2) is 7.90. The molecule has 1 aromatic heterocycles. The number of nitrogens with one attached hydrogen (secondary N) is 1. The SMILES string of the molecule is Cc1ccc(Oc2ccc(NC(=O)CSc3nccn3C)cc2)cc1. The molecule has 1 N–H and O–H groups in total. The van der Waals surface area contributed by atoms with Crippen LogP contribution in [0.4, 0.5) is 5.69 Å². The first-order chi connectivity index (χ1) is 12.1. The molecule has 0 bridgehead atoms. The molecule has 1 heterocycles. The monoisotopic (exact) mass is 353 g/mol. The zero-order chi connectivity index (χ0) is 17.6. The van der Waals surface area contributed by atoms with Gasteiger partial charge in [-0.05, 0) is 43.3 Å². The van der Waals surface area contributed by atoms with Gasteiger partial charge in [0.15, 0.2) is 5.16 Å². The maximum atomic E-state index is 12.0. The van der Waals surface area contributed by atoms with Crippen LogP contribution in [0.2, 0.25) is 0 Å². The molecule has 0 aliphatic carbocycles. The molecular formula is C19H19N3O2S. The molecule has 0 saturated heterocycles. The van der Waals surface area contributed by atoms with E-state index in [-0.39, 0.29) is 5.91 Å². The number of carbonyl (C=O) groups is 1. The number of hydrogen-bond donors (Lipinski definition) is 1. The summed E-state index contributed by atoms with van der Waals surface area (Å²) < 4.78 is 7.66. The van der Waals surface area contributed by atoms with Crippen molar-refractivity contribution in [3.8, 4) is 11.5 Å². The minimum atomic E-state index is -0.0693. The normalized spacial score (nSPS) is 10.5. The summed E-state index contributed by atoms with van der Waals surface area (Å²) in [6.45, 7) is 2.04. The van der Waals surface area contributed by atoms with Gasteiger partial charge in [0.2, 0.25) is 5.91 Å². The zero-order valence-corrected chi connectivity index (χ0v) is 14.9. The van der Waals surface area contributed by atoms with Crippen LogP contribution in [-0.2, 0) is 11.8 Å². The molecule has 0 aliphatic heterocycles. The number of carbonyl (C=O) groups excluding carboxylic acids is 1. The van der Waals surface area contributed by atoms with Crippen LogP contribution in [0.25, 0.3) is 0 Å². The molecule has 2 aromatic carbocycles. The molecule has 25 heavy (non-hydrogen) atoms. The third kappa shape index (κ3) is 4.87. The highest BCUT2D eigenvalue weighted by Gasteiger charge is 2.07. The van der Waals surface area contributed by atoms with Crippen molar-refractivity contribution in [1.29, 1.82) is 0 Å². The minimum Gasteiger partial charge on any atom is -0.457 e. The number of imidazole rings is 1. The molecule has 0 spiro atoms. The van der Waals surface area contributed by atoms with Gasteiger partial charge in [-0.3, -0.25) is 4.79 Å². The summed E-state index contributed by atoms with van der Waals surface area (Å²) >= 11 is 1.40. The summed E-state index contributed by atoms with van der Waals surface area (Å²) in [5, 5.41) is 3.69. The van der Waals surface area contributed by atoms with Gasteiger partial charge in [0.1, 0.15) is 11.5 Å². The van der Waals surface area contributed by atoms with Crippen molar-refractivity contribution in [2.45, 2.75) is 12.1 Å². The first kappa shape index (κ1) is 17.1. The predicted octanol–water partition coefficient (Wildman–Crippen LogP) is 4.25. The van der Waals surface area contributed by atoms with Crippen molar-refractivity contribution >= 4 is 23.4 Å². The average Bonchev–Trinajstić information content (AvgIpc) is 3.02. The first-order valence-corrected chi connectivity index (χ1v) is 8.83. The Bertz CT molecular complexity index is 842. The number of hydrogen-bond acceptors (Lipinski definition) is 4. The van der Waals surface area contributed by atoms with Gasteiger partial charge in [0.25, 0.3) is 0 Å². The van der Waals surface area contributed by atoms with Crippen LogP contribution >= 0.6 is 11.8 Å². The molecular weight excluding hydrogens is 334 g/mol. The smallest absolute Gasteiger partial charge is 0.234 e. The Morgan fingerprint density at radius 1 is 1.12 bits per heavy atom. The summed E-state index contributed by atoms with van der Waals surface area (Å²) in [6, 6.07) is 15.2. The Labute approximate surface area is 151 Å². The highest BCUT2D eigenvalue weighted by Crippen LogP contribution is 2.23. The van der Waals surface area contributed by atoms with E-state index >= 15 is 0 Å². The van der Waals surface area contributed by atoms with E-state index in [1.165, 1.54) is 17.3 Å². The second-order valence-corrected chi connectivity index (χ2v) is 6.54. The molecule has 0 atom stereocenters. The lowest BCUT2D eigenvalue weighted by Crippen LogP contribution is -2.14. The van der Waals surface area contributed by atoms with Gasteiger partial charge in [-0.2, -0.15) is 0 Å². The molecule has 0 fully saturated rings. The van der Waals surface area contributed by atoms with E-state index in [9.17, 15) is 4.79 Å². The molecule has 1 amide bonds. The van der Waals surface area contributed by atoms with Crippen LogP contribution in [0.15, 0.2) is 66.1 Å². The van der Waals surface area contributed by atoms with Crippen molar-refractivity contribution < 1.29 is 9.53 Å². The fourth-order valence-corrected chi connectivity index (χ4v) is 2.90. The highest BCUT2D eigenvalue weighted by molar-refractivity contribution is 7.99. The van der Waals surface area contributed by atoms with Crippen LogP contribution in [-0.4, -0.2) is 21.2 Å². The Kier molecular flexibility index (Phi) is 5.40. The molecule has 128 valence electrons. The number of anilines is 1. The molecule has 3 rings (SSSR count). The molecule has 0 aliphatic rings. The largest absolute Gasteiger partial charge is 0.457 e. The maximum absolute atomic E-state index is 12.0. The number of benzene rings is 2. The summed E-state index contributed by atoms with van der Waals surface area (Å²) in [5.41, 5.74) is 1.93. The third-order valence-corrected chi connectivity index (χ3v) is 4.56. The van der Waals surface area contributed by atoms with E-state index in [0.717, 1.165) is 22.3 Å². The van der Waals surface area contributed by atoms with E-state index in [1.807, 2.05) is 73.3 Å². The molecule has 0 saturated carbocycles. The van der Waals surface area contributed by atoms with E-state index in [4.69, 9.17) is 4.74 Å². The van der Waals surface area contributed by atoms with Gasteiger partial charge >= 0.3 is 0 Å². The standard InChI is InChI=1S/C19H19N3O2S/c1-14-3-7-16(8-4-14)24-17-9-5-15(6-10-17)21-18(23)13-25-19-20-11-12-22(19)2/h3-12H,13H2,1-2H3,(H,21,23). The van der Waals surface area contributed by atoms with Gasteiger partial charge in [-0.15, -0.1) is 0 Å². The van der Waals surface area contributed by atoms with Crippen LogP contribution < -0.4 is 10.1 Å². The first-order valence-electron chi connectivity index (χ1n) is 7.85. The highest BCUT2D eigenvalue weighted by atomic mass is 32.2. The number of amides is 1. The van der Waals surface area contributed by atoms with Gasteiger partial charge in [-0.1, -0.05) is 29.5 Å². The Morgan fingerprint density at radius 3 is 2.36 bits per heavy atom. The van der Waals surface area contributed by atoms with Crippen molar-refractivity contribution in [2.24, 2.45) is 7.05 Å². The van der Waals surface area contributed by atoms with E-state index in [0.29, 0.717) is 5.75 Å². The van der Waals surface area contributed by atoms with Crippen LogP contribution in [0.5, 0.6) is 11.5 Å². The number of thioether (sulfide) groups is 1. The number of rotatable bonds is 6. The summed E-state index contributed by atoms with van der Waals surface area (Å²) in [5.74, 6) is 1.75. The Morgan fingerprint density at radius 2 is 1.76 bits per heavy atom. The molecule has 6 heteroatoms. The fourth-order valence-electron chi connectivity index (χ4n) is 2.17. The summed E-state index contributed by atoms with van der Waals surface area (Å²) in [6.07, 6.45) is 3.57. The van der Waals surface area contributed by atoms with Crippen molar-refractivity contribution in [1.82, 2.24) is 9.55 Å². The predicted molar refractivity (Wildman–Crippen MR) is 100 cm³/mol. The molecule has 3 aromatic rings. The van der Waals surface area contributed by atoms with Crippen molar-refractivity contribution in [2.75, 3.05) is 11.1 Å². The lowest BCUT2D eigenvalue weighted by Gasteiger charge is -2.08. The number of aryl methyl sites for hydroxylation is 2. The topological polar surface area (TPSA) is 56.1 Å². The maximum Gasteiger partial charge on any atom is 0.234 e. The molecule has 0 unspecified atom stereocenters. The summed E-state index contributed by atoms with van der Waals surface area (Å²) in [7, 11) is 1.90. The summed E-state index contributed by atoms with van der Waals surface area (Å²) in [4.78, 5) is 16.2. The quantitative estimate of drug-likeness (QED) is 0.673. The average molecular weight is 353 g/mol.